The summed E-state index contributed by atoms with van der Waals surface area (Å²) in [5, 5.41) is 0. The van der Waals surface area contributed by atoms with Crippen molar-refractivity contribution in [2.45, 2.75) is 13.5 Å². The number of ketones is 1. The van der Waals surface area contributed by atoms with Crippen LogP contribution in [0.3, 0.4) is 0 Å². The zero-order valence-corrected chi connectivity index (χ0v) is 13.7. The Balaban J connectivity index is 0.000000227. The van der Waals surface area contributed by atoms with Crippen LogP contribution in [0.2, 0.25) is 0 Å². The van der Waals surface area contributed by atoms with E-state index in [0.717, 1.165) is 12.2 Å². The van der Waals surface area contributed by atoms with Gasteiger partial charge in [-0.3, -0.25) is 4.79 Å². The van der Waals surface area contributed by atoms with E-state index in [1.54, 1.807) is 6.92 Å². The van der Waals surface area contributed by atoms with Crippen molar-refractivity contribution >= 4 is 5.78 Å². The first-order chi connectivity index (χ1) is 10.7. The molecule has 0 saturated heterocycles. The van der Waals surface area contributed by atoms with Crippen LogP contribution in [-0.2, 0) is 6.54 Å². The first kappa shape index (κ1) is 16.9. The van der Waals surface area contributed by atoms with Crippen LogP contribution in [-0.4, -0.2) is 5.78 Å². The highest BCUT2D eigenvalue weighted by Crippen LogP contribution is 2.29. The van der Waals surface area contributed by atoms with Gasteiger partial charge in [-0.2, -0.15) is 4.57 Å². The molecule has 0 saturated carbocycles. The molecule has 0 fully saturated rings. The van der Waals surface area contributed by atoms with Gasteiger partial charge < -0.3 is 12.4 Å². The van der Waals surface area contributed by atoms with Gasteiger partial charge in [-0.05, 0) is 17.2 Å². The Hall–Kier alpha value is -2.45. The molecule has 0 amide bonds. The van der Waals surface area contributed by atoms with Gasteiger partial charge in [-0.1, -0.05) is 54.6 Å². The molecule has 1 aromatic carbocycles. The molecular weight excluding hydrogens is 306 g/mol. The number of rotatable bonds is 3. The number of carbonyl (C=O) groups is 1. The lowest BCUT2D eigenvalue weighted by atomic mass is 9.95. The Labute approximate surface area is 142 Å². The zero-order valence-electron chi connectivity index (χ0n) is 12.9. The Bertz CT molecular complexity index is 761. The van der Waals surface area contributed by atoms with E-state index in [4.69, 9.17) is 0 Å². The van der Waals surface area contributed by atoms with Crippen LogP contribution in [0, 0.1) is 0 Å². The van der Waals surface area contributed by atoms with E-state index in [1.165, 1.54) is 16.7 Å². The smallest absolute Gasteiger partial charge is 0.248 e. The van der Waals surface area contributed by atoms with Crippen molar-refractivity contribution in [2.24, 2.45) is 0 Å². The van der Waals surface area contributed by atoms with Crippen LogP contribution in [0.5, 0.6) is 0 Å². The fourth-order valence-corrected chi connectivity index (χ4v) is 2.38. The van der Waals surface area contributed by atoms with Crippen molar-refractivity contribution in [3.8, 4) is 11.1 Å². The summed E-state index contributed by atoms with van der Waals surface area (Å²) in [6.45, 7) is 2.33. The van der Waals surface area contributed by atoms with Gasteiger partial charge in [-0.15, -0.1) is 0 Å². The second-order valence-corrected chi connectivity index (χ2v) is 5.33. The third-order valence-electron chi connectivity index (χ3n) is 3.72. The summed E-state index contributed by atoms with van der Waals surface area (Å²) in [6.07, 6.45) is 1.93. The minimum atomic E-state index is 0. The lowest BCUT2D eigenvalue weighted by Gasteiger charge is -2.10. The van der Waals surface area contributed by atoms with Gasteiger partial charge in [0.05, 0.1) is 0 Å². The minimum absolute atomic E-state index is 0. The van der Waals surface area contributed by atoms with E-state index in [9.17, 15) is 4.79 Å². The average molecular weight is 324 g/mol. The molecule has 0 spiro atoms. The topological polar surface area (TPSA) is 20.9 Å². The maximum atomic E-state index is 11.4. The van der Waals surface area contributed by atoms with Gasteiger partial charge in [0.2, 0.25) is 11.5 Å². The van der Waals surface area contributed by atoms with Gasteiger partial charge in [-0.25, -0.2) is 0 Å². The van der Waals surface area contributed by atoms with Crippen molar-refractivity contribution in [2.75, 3.05) is 0 Å². The maximum Gasteiger partial charge on any atom is 0.248 e. The number of aromatic nitrogens is 1. The third-order valence-corrected chi connectivity index (χ3v) is 3.72. The number of carbonyl (C=O) groups excluding carboxylic acids is 1. The van der Waals surface area contributed by atoms with E-state index in [0.29, 0.717) is 0 Å². The number of halogens is 1. The molecule has 3 heteroatoms. The summed E-state index contributed by atoms with van der Waals surface area (Å²) in [4.78, 5) is 11.4. The monoisotopic (exact) mass is 323 g/mol. The molecule has 2 nitrogen and oxygen atoms in total. The van der Waals surface area contributed by atoms with Crippen LogP contribution in [0.15, 0.2) is 79.0 Å². The fourth-order valence-electron chi connectivity index (χ4n) is 2.38. The number of fused-ring (bicyclic) bond motifs is 1. The number of nitrogens with zero attached hydrogens (tertiary/aromatic N) is 1. The number of hydrogen-bond acceptors (Lipinski definition) is 1. The quantitative estimate of drug-likeness (QED) is 0.405. The SMILES string of the molecule is CC(=O)c1cccc[n+]1Cc1ccccc1.[Cl-].c1cc2ccc1-2. The van der Waals surface area contributed by atoms with Gasteiger partial charge in [0.1, 0.15) is 0 Å². The van der Waals surface area contributed by atoms with Crippen LogP contribution in [0.1, 0.15) is 23.0 Å². The Kier molecular flexibility index (Phi) is 5.67. The zero-order chi connectivity index (χ0) is 15.4. The second-order valence-electron chi connectivity index (χ2n) is 5.33. The Morgan fingerprint density at radius 2 is 1.39 bits per heavy atom. The molecule has 0 bridgehead atoms. The molecule has 0 radical (unpaired) electrons. The van der Waals surface area contributed by atoms with E-state index >= 15 is 0 Å². The predicted molar refractivity (Wildman–Crippen MR) is 87.6 cm³/mol. The number of Topliss-reactive ketones (excluding diaryl/α,β-unsaturated/α-hetero) is 1. The van der Waals surface area contributed by atoms with Crippen molar-refractivity contribution in [3.63, 3.8) is 0 Å². The average Bonchev–Trinajstić information content (AvgIpc) is 2.53. The Morgan fingerprint density at radius 1 is 0.826 bits per heavy atom. The molecule has 2 aliphatic rings. The number of pyridine rings is 1. The highest BCUT2D eigenvalue weighted by Gasteiger charge is 2.13. The molecule has 116 valence electrons. The normalized spacial score (nSPS) is 9.96. The predicted octanol–water partition coefficient (Wildman–Crippen LogP) is 0.896. The minimum Gasteiger partial charge on any atom is -1.00 e. The molecule has 4 rings (SSSR count). The number of benzene rings is 2. The highest BCUT2D eigenvalue weighted by molar-refractivity contribution is 5.90. The summed E-state index contributed by atoms with van der Waals surface area (Å²) in [6, 6.07) is 24.3. The summed E-state index contributed by atoms with van der Waals surface area (Å²) < 4.78 is 1.97. The van der Waals surface area contributed by atoms with Crippen LogP contribution in [0.4, 0.5) is 0 Å². The highest BCUT2D eigenvalue weighted by atomic mass is 35.5. The largest absolute Gasteiger partial charge is 1.00 e. The van der Waals surface area contributed by atoms with Gasteiger partial charge >= 0.3 is 0 Å². The number of hydrogen-bond donors (Lipinski definition) is 0. The lowest BCUT2D eigenvalue weighted by Crippen LogP contribution is -3.00. The molecule has 2 aliphatic carbocycles. The summed E-state index contributed by atoms with van der Waals surface area (Å²) in [5.41, 5.74) is 4.79. The van der Waals surface area contributed by atoms with Gasteiger partial charge in [0, 0.05) is 24.6 Å². The molecule has 0 atom stereocenters. The molecule has 2 aromatic rings. The lowest BCUT2D eigenvalue weighted by molar-refractivity contribution is -0.690. The van der Waals surface area contributed by atoms with Crippen LogP contribution < -0.4 is 17.0 Å². The van der Waals surface area contributed by atoms with Crippen molar-refractivity contribution in [1.82, 2.24) is 0 Å². The summed E-state index contributed by atoms with van der Waals surface area (Å²) in [5.74, 6) is 0.0940. The van der Waals surface area contributed by atoms with E-state index in [2.05, 4.69) is 36.4 Å². The van der Waals surface area contributed by atoms with E-state index in [1.807, 2.05) is 47.2 Å². The van der Waals surface area contributed by atoms with Gasteiger partial charge in [0.25, 0.3) is 0 Å². The molecule has 1 heterocycles. The molecule has 0 aliphatic heterocycles. The second kappa shape index (κ2) is 7.70. The molecular formula is C20H18ClNO. The van der Waals surface area contributed by atoms with Crippen LogP contribution >= 0.6 is 0 Å². The van der Waals surface area contributed by atoms with Crippen molar-refractivity contribution in [1.29, 1.82) is 0 Å². The van der Waals surface area contributed by atoms with E-state index < -0.39 is 0 Å². The molecule has 0 unspecified atom stereocenters. The van der Waals surface area contributed by atoms with Crippen molar-refractivity contribution in [3.05, 3.63) is 90.3 Å². The first-order valence-electron chi connectivity index (χ1n) is 7.38. The molecule has 0 N–H and O–H groups in total. The summed E-state index contributed by atoms with van der Waals surface area (Å²) >= 11 is 0. The first-order valence-corrected chi connectivity index (χ1v) is 7.38. The van der Waals surface area contributed by atoms with E-state index in [-0.39, 0.29) is 18.2 Å². The third kappa shape index (κ3) is 4.05. The maximum absolute atomic E-state index is 11.4. The van der Waals surface area contributed by atoms with Gasteiger partial charge in [0.15, 0.2) is 12.7 Å². The summed E-state index contributed by atoms with van der Waals surface area (Å²) in [7, 11) is 0. The fraction of sp³-hybridized carbons (Fsp3) is 0.100. The molecule has 23 heavy (non-hydrogen) atoms. The Morgan fingerprint density at radius 3 is 1.87 bits per heavy atom. The van der Waals surface area contributed by atoms with Crippen LogP contribution in [0.25, 0.3) is 11.1 Å². The standard InChI is InChI=1S/C14H14NO.C6H4.ClH/c1-12(16)14-9-5-6-10-15(14)11-13-7-3-2-4-8-13;1-2-6-4-3-5(1)6;/h2-10H,11H2,1H3;1-4H;1H/q+1;;/p-1. The van der Waals surface area contributed by atoms with Crippen molar-refractivity contribution < 1.29 is 21.8 Å². The molecule has 1 aromatic heterocycles.